The molecule has 1 saturated carbocycles. The molecule has 0 aromatic heterocycles. The summed E-state index contributed by atoms with van der Waals surface area (Å²) in [6, 6.07) is 8.24. The van der Waals surface area contributed by atoms with Crippen molar-refractivity contribution in [2.45, 2.75) is 39.0 Å². The Hall–Kier alpha value is -1.18. The summed E-state index contributed by atoms with van der Waals surface area (Å²) in [6.07, 6.45) is 7.09. The van der Waals surface area contributed by atoms with Crippen LogP contribution in [0, 0.1) is 5.92 Å². The predicted molar refractivity (Wildman–Crippen MR) is 75.3 cm³/mol. The maximum Gasteiger partial charge on any atom is 0.0386 e. The highest BCUT2D eigenvalue weighted by Gasteiger charge is 2.16. The SMILES string of the molecule is CCN(CCC1CCCC1)c1cccc(N)c1. The molecule has 0 saturated heterocycles. The number of benzene rings is 1. The molecule has 1 aromatic carbocycles. The third-order valence-corrected chi connectivity index (χ3v) is 3.90. The minimum atomic E-state index is 0.863. The van der Waals surface area contributed by atoms with Crippen molar-refractivity contribution in [1.29, 1.82) is 0 Å². The largest absolute Gasteiger partial charge is 0.399 e. The number of anilines is 2. The summed E-state index contributed by atoms with van der Waals surface area (Å²) in [5, 5.41) is 0. The summed E-state index contributed by atoms with van der Waals surface area (Å²) in [5.74, 6) is 0.963. The molecule has 2 N–H and O–H groups in total. The fourth-order valence-corrected chi connectivity index (χ4v) is 2.83. The first-order chi connectivity index (χ1) is 8.29. The number of nitrogen functional groups attached to an aromatic ring is 1. The molecule has 0 spiro atoms. The zero-order valence-corrected chi connectivity index (χ0v) is 10.9. The van der Waals surface area contributed by atoms with Gasteiger partial charge in [0.1, 0.15) is 0 Å². The zero-order chi connectivity index (χ0) is 12.1. The van der Waals surface area contributed by atoms with Gasteiger partial charge >= 0.3 is 0 Å². The minimum Gasteiger partial charge on any atom is -0.399 e. The topological polar surface area (TPSA) is 29.3 Å². The van der Waals surface area contributed by atoms with Gasteiger partial charge in [0, 0.05) is 24.5 Å². The van der Waals surface area contributed by atoms with Crippen molar-refractivity contribution in [3.8, 4) is 0 Å². The standard InChI is InChI=1S/C15H24N2/c1-2-17(11-10-13-6-3-4-7-13)15-9-5-8-14(16)12-15/h5,8-9,12-13H,2-4,6-7,10-11,16H2,1H3. The van der Waals surface area contributed by atoms with Gasteiger partial charge in [0.05, 0.1) is 0 Å². The molecule has 0 amide bonds. The van der Waals surface area contributed by atoms with Gasteiger partial charge in [0.2, 0.25) is 0 Å². The first-order valence-electron chi connectivity index (χ1n) is 6.90. The number of hydrogen-bond acceptors (Lipinski definition) is 2. The molecule has 0 heterocycles. The average Bonchev–Trinajstić information content (AvgIpc) is 2.83. The molecule has 1 aliphatic rings. The number of nitrogens with zero attached hydrogens (tertiary/aromatic N) is 1. The Morgan fingerprint density at radius 3 is 2.71 bits per heavy atom. The Kier molecular flexibility index (Phi) is 4.29. The fourth-order valence-electron chi connectivity index (χ4n) is 2.83. The Bertz CT molecular complexity index is 343. The van der Waals surface area contributed by atoms with Crippen LogP contribution in [-0.2, 0) is 0 Å². The molecular weight excluding hydrogens is 208 g/mol. The molecule has 0 bridgehead atoms. The van der Waals surface area contributed by atoms with E-state index in [1.807, 2.05) is 12.1 Å². The molecule has 0 unspecified atom stereocenters. The van der Waals surface area contributed by atoms with Crippen molar-refractivity contribution in [3.63, 3.8) is 0 Å². The quantitative estimate of drug-likeness (QED) is 0.785. The van der Waals surface area contributed by atoms with Crippen LogP contribution < -0.4 is 10.6 Å². The predicted octanol–water partition coefficient (Wildman–Crippen LogP) is 3.68. The van der Waals surface area contributed by atoms with E-state index in [-0.39, 0.29) is 0 Å². The third-order valence-electron chi connectivity index (χ3n) is 3.90. The van der Waals surface area contributed by atoms with Crippen molar-refractivity contribution >= 4 is 11.4 Å². The molecule has 94 valence electrons. The van der Waals surface area contributed by atoms with Gasteiger partial charge in [-0.05, 0) is 37.5 Å². The second-order valence-corrected chi connectivity index (χ2v) is 5.11. The summed E-state index contributed by atoms with van der Waals surface area (Å²) >= 11 is 0. The van der Waals surface area contributed by atoms with E-state index in [2.05, 4.69) is 24.0 Å². The molecule has 2 rings (SSSR count). The van der Waals surface area contributed by atoms with E-state index in [1.54, 1.807) is 0 Å². The van der Waals surface area contributed by atoms with Crippen LogP contribution in [0.25, 0.3) is 0 Å². The van der Waals surface area contributed by atoms with Crippen LogP contribution in [0.5, 0.6) is 0 Å². The minimum absolute atomic E-state index is 0.863. The van der Waals surface area contributed by atoms with Crippen LogP contribution >= 0.6 is 0 Å². The summed E-state index contributed by atoms with van der Waals surface area (Å²) < 4.78 is 0. The van der Waals surface area contributed by atoms with E-state index in [9.17, 15) is 0 Å². The highest BCUT2D eigenvalue weighted by molar-refractivity contribution is 5.55. The van der Waals surface area contributed by atoms with Crippen molar-refractivity contribution < 1.29 is 0 Å². The number of nitrogens with two attached hydrogens (primary N) is 1. The Labute approximate surface area is 105 Å². The smallest absolute Gasteiger partial charge is 0.0386 e. The van der Waals surface area contributed by atoms with E-state index < -0.39 is 0 Å². The molecule has 0 aliphatic heterocycles. The third kappa shape index (κ3) is 3.39. The Balaban J connectivity index is 1.91. The lowest BCUT2D eigenvalue weighted by Crippen LogP contribution is -2.25. The van der Waals surface area contributed by atoms with Gasteiger partial charge in [0.15, 0.2) is 0 Å². The first kappa shape index (κ1) is 12.3. The molecule has 0 atom stereocenters. The van der Waals surface area contributed by atoms with Crippen LogP contribution in [0.1, 0.15) is 39.0 Å². The molecule has 1 aliphatic carbocycles. The van der Waals surface area contributed by atoms with Gasteiger partial charge in [0.25, 0.3) is 0 Å². The fraction of sp³-hybridized carbons (Fsp3) is 0.600. The second-order valence-electron chi connectivity index (χ2n) is 5.11. The van der Waals surface area contributed by atoms with E-state index in [1.165, 1.54) is 44.3 Å². The van der Waals surface area contributed by atoms with Crippen LogP contribution in [0.2, 0.25) is 0 Å². The molecule has 1 aromatic rings. The second kappa shape index (κ2) is 5.95. The van der Waals surface area contributed by atoms with Crippen LogP contribution in [0.15, 0.2) is 24.3 Å². The lowest BCUT2D eigenvalue weighted by molar-refractivity contribution is 0.501. The van der Waals surface area contributed by atoms with Gasteiger partial charge in [-0.15, -0.1) is 0 Å². The molecule has 17 heavy (non-hydrogen) atoms. The van der Waals surface area contributed by atoms with Crippen LogP contribution in [-0.4, -0.2) is 13.1 Å². The monoisotopic (exact) mass is 232 g/mol. The van der Waals surface area contributed by atoms with Gasteiger partial charge in [-0.3, -0.25) is 0 Å². The van der Waals surface area contributed by atoms with Crippen molar-refractivity contribution in [3.05, 3.63) is 24.3 Å². The van der Waals surface area contributed by atoms with Crippen LogP contribution in [0.3, 0.4) is 0 Å². The first-order valence-corrected chi connectivity index (χ1v) is 6.90. The zero-order valence-electron chi connectivity index (χ0n) is 10.9. The van der Waals surface area contributed by atoms with Gasteiger partial charge in [-0.25, -0.2) is 0 Å². The molecule has 2 heteroatoms. The normalized spacial score (nSPS) is 16.3. The summed E-state index contributed by atoms with van der Waals surface area (Å²) in [6.45, 7) is 4.46. The summed E-state index contributed by atoms with van der Waals surface area (Å²) in [4.78, 5) is 2.44. The lowest BCUT2D eigenvalue weighted by atomic mass is 10.0. The average molecular weight is 232 g/mol. The maximum absolute atomic E-state index is 5.84. The highest BCUT2D eigenvalue weighted by atomic mass is 15.1. The molecule has 2 nitrogen and oxygen atoms in total. The lowest BCUT2D eigenvalue weighted by Gasteiger charge is -2.25. The van der Waals surface area contributed by atoms with E-state index in [0.29, 0.717) is 0 Å². The van der Waals surface area contributed by atoms with E-state index in [0.717, 1.165) is 18.2 Å². The summed E-state index contributed by atoms with van der Waals surface area (Å²) in [5.41, 5.74) is 7.97. The van der Waals surface area contributed by atoms with E-state index >= 15 is 0 Å². The van der Waals surface area contributed by atoms with Gasteiger partial charge in [-0.1, -0.05) is 31.7 Å². The van der Waals surface area contributed by atoms with Crippen LogP contribution in [0.4, 0.5) is 11.4 Å². The van der Waals surface area contributed by atoms with E-state index in [4.69, 9.17) is 5.73 Å². The van der Waals surface area contributed by atoms with Gasteiger partial charge < -0.3 is 10.6 Å². The molecule has 0 radical (unpaired) electrons. The number of hydrogen-bond donors (Lipinski definition) is 1. The summed E-state index contributed by atoms with van der Waals surface area (Å²) in [7, 11) is 0. The van der Waals surface area contributed by atoms with Crippen molar-refractivity contribution in [1.82, 2.24) is 0 Å². The Morgan fingerprint density at radius 2 is 2.06 bits per heavy atom. The molecule has 1 fully saturated rings. The molecular formula is C15H24N2. The van der Waals surface area contributed by atoms with Gasteiger partial charge in [-0.2, -0.15) is 0 Å². The number of rotatable bonds is 5. The maximum atomic E-state index is 5.84. The van der Waals surface area contributed by atoms with Crippen molar-refractivity contribution in [2.75, 3.05) is 23.7 Å². The highest BCUT2D eigenvalue weighted by Crippen LogP contribution is 2.28. The van der Waals surface area contributed by atoms with Crippen molar-refractivity contribution in [2.24, 2.45) is 5.92 Å². The Morgan fingerprint density at radius 1 is 1.29 bits per heavy atom.